The standard InChI is InChI=1S/C26H15N3O6/c30-24-20-10-3-4-11-21(20)25(31)28(24)27-15-22-19-9-2-1-6-16(19)12-13-23(22)35-26(32)17-7-5-8-18(14-17)29(33)34/h1-15H. The molecule has 0 spiro atoms. The van der Waals surface area contributed by atoms with Gasteiger partial charge >= 0.3 is 5.97 Å². The van der Waals surface area contributed by atoms with Crippen molar-refractivity contribution in [3.63, 3.8) is 0 Å². The summed E-state index contributed by atoms with van der Waals surface area (Å²) in [5.74, 6) is -1.81. The number of ether oxygens (including phenoxy) is 1. The zero-order chi connectivity index (χ0) is 24.5. The third-order valence-electron chi connectivity index (χ3n) is 5.50. The summed E-state index contributed by atoms with van der Waals surface area (Å²) in [6, 6.07) is 22.2. The largest absolute Gasteiger partial charge is 0.422 e. The first-order chi connectivity index (χ1) is 16.9. The number of imide groups is 1. The first-order valence-corrected chi connectivity index (χ1v) is 10.4. The van der Waals surface area contributed by atoms with Gasteiger partial charge in [0.1, 0.15) is 5.75 Å². The number of nitro benzene ring substituents is 1. The third-order valence-corrected chi connectivity index (χ3v) is 5.50. The number of hydrogen-bond donors (Lipinski definition) is 0. The highest BCUT2D eigenvalue weighted by atomic mass is 16.6. The highest BCUT2D eigenvalue weighted by Crippen LogP contribution is 2.29. The van der Waals surface area contributed by atoms with Crippen molar-refractivity contribution in [1.29, 1.82) is 0 Å². The molecule has 0 bridgehead atoms. The molecule has 35 heavy (non-hydrogen) atoms. The van der Waals surface area contributed by atoms with Crippen LogP contribution in [-0.4, -0.2) is 33.9 Å². The molecule has 0 aliphatic carbocycles. The normalized spacial score (nSPS) is 12.9. The van der Waals surface area contributed by atoms with Crippen LogP contribution in [0, 0.1) is 10.1 Å². The number of hydrazone groups is 1. The maximum atomic E-state index is 12.8. The molecule has 0 unspecified atom stereocenters. The Kier molecular flexibility index (Phi) is 5.34. The maximum Gasteiger partial charge on any atom is 0.343 e. The van der Waals surface area contributed by atoms with Crippen LogP contribution in [0.4, 0.5) is 5.69 Å². The molecule has 9 heteroatoms. The number of nitrogens with zero attached hydrogens (tertiary/aromatic N) is 3. The van der Waals surface area contributed by atoms with E-state index < -0.39 is 22.7 Å². The van der Waals surface area contributed by atoms with Crippen molar-refractivity contribution in [2.24, 2.45) is 5.10 Å². The summed E-state index contributed by atoms with van der Waals surface area (Å²) in [6.45, 7) is 0. The molecule has 2 amide bonds. The quantitative estimate of drug-likeness (QED) is 0.106. The van der Waals surface area contributed by atoms with E-state index in [0.717, 1.165) is 16.5 Å². The Balaban J connectivity index is 1.52. The molecular weight excluding hydrogens is 450 g/mol. The summed E-state index contributed by atoms with van der Waals surface area (Å²) in [7, 11) is 0. The topological polar surface area (TPSA) is 119 Å². The summed E-state index contributed by atoms with van der Waals surface area (Å²) in [4.78, 5) is 48.6. The molecule has 9 nitrogen and oxygen atoms in total. The average molecular weight is 465 g/mol. The number of hydrogen-bond acceptors (Lipinski definition) is 7. The first kappa shape index (κ1) is 21.7. The Labute approximate surface area is 198 Å². The number of amides is 2. The molecule has 0 radical (unpaired) electrons. The van der Waals surface area contributed by atoms with Crippen LogP contribution in [-0.2, 0) is 0 Å². The molecule has 1 aliphatic rings. The second-order valence-electron chi connectivity index (χ2n) is 7.61. The van der Waals surface area contributed by atoms with Crippen molar-refractivity contribution in [2.75, 3.05) is 0 Å². The van der Waals surface area contributed by atoms with Crippen molar-refractivity contribution in [1.82, 2.24) is 5.01 Å². The Morgan fingerprint density at radius 2 is 1.57 bits per heavy atom. The van der Waals surface area contributed by atoms with E-state index in [1.165, 1.54) is 24.4 Å². The number of carbonyl (C=O) groups excluding carboxylic acids is 3. The molecule has 0 saturated carbocycles. The maximum absolute atomic E-state index is 12.8. The van der Waals surface area contributed by atoms with Crippen LogP contribution in [0.15, 0.2) is 90.0 Å². The predicted molar refractivity (Wildman–Crippen MR) is 127 cm³/mol. The molecule has 0 atom stereocenters. The fraction of sp³-hybridized carbons (Fsp3) is 0. The molecular formula is C26H15N3O6. The molecule has 0 saturated heterocycles. The van der Waals surface area contributed by atoms with Gasteiger partial charge in [-0.15, -0.1) is 0 Å². The highest BCUT2D eigenvalue weighted by Gasteiger charge is 2.35. The van der Waals surface area contributed by atoms with Crippen LogP contribution >= 0.6 is 0 Å². The van der Waals surface area contributed by atoms with E-state index in [0.29, 0.717) is 10.9 Å². The minimum absolute atomic E-state index is 0.00408. The van der Waals surface area contributed by atoms with E-state index in [9.17, 15) is 24.5 Å². The van der Waals surface area contributed by atoms with Crippen molar-refractivity contribution < 1.29 is 24.0 Å². The smallest absolute Gasteiger partial charge is 0.343 e. The Bertz CT molecular complexity index is 1540. The lowest BCUT2D eigenvalue weighted by atomic mass is 10.0. The molecule has 4 aromatic carbocycles. The predicted octanol–water partition coefficient (Wildman–Crippen LogP) is 4.60. The lowest BCUT2D eigenvalue weighted by Gasteiger charge is -2.12. The summed E-state index contributed by atoms with van der Waals surface area (Å²) in [5, 5.41) is 17.4. The highest BCUT2D eigenvalue weighted by molar-refractivity contribution is 6.21. The van der Waals surface area contributed by atoms with E-state index in [1.807, 2.05) is 12.1 Å². The molecule has 1 heterocycles. The average Bonchev–Trinajstić information content (AvgIpc) is 3.12. The second kappa shape index (κ2) is 8.64. The Morgan fingerprint density at radius 3 is 2.29 bits per heavy atom. The van der Waals surface area contributed by atoms with Gasteiger partial charge in [0.05, 0.1) is 27.8 Å². The zero-order valence-electron chi connectivity index (χ0n) is 18.0. The van der Waals surface area contributed by atoms with Gasteiger partial charge in [-0.3, -0.25) is 19.7 Å². The van der Waals surface area contributed by atoms with Gasteiger partial charge in [-0.2, -0.15) is 10.1 Å². The van der Waals surface area contributed by atoms with Crippen molar-refractivity contribution in [3.8, 4) is 5.75 Å². The fourth-order valence-electron chi connectivity index (χ4n) is 3.80. The number of esters is 1. The van der Waals surface area contributed by atoms with E-state index >= 15 is 0 Å². The van der Waals surface area contributed by atoms with Crippen LogP contribution in [0.25, 0.3) is 10.8 Å². The molecule has 0 aromatic heterocycles. The van der Waals surface area contributed by atoms with Crippen LogP contribution in [0.2, 0.25) is 0 Å². The minimum atomic E-state index is -0.806. The number of fused-ring (bicyclic) bond motifs is 2. The Hall–Kier alpha value is -5.18. The Morgan fingerprint density at radius 1 is 0.886 bits per heavy atom. The van der Waals surface area contributed by atoms with Crippen molar-refractivity contribution >= 4 is 40.5 Å². The van der Waals surface area contributed by atoms with E-state index in [2.05, 4.69) is 5.10 Å². The van der Waals surface area contributed by atoms with Gasteiger partial charge in [0.2, 0.25) is 0 Å². The number of benzene rings is 4. The molecule has 170 valence electrons. The van der Waals surface area contributed by atoms with Crippen LogP contribution in [0.1, 0.15) is 36.6 Å². The third kappa shape index (κ3) is 3.91. The number of carbonyl (C=O) groups is 3. The number of non-ortho nitro benzene ring substituents is 1. The molecule has 1 aliphatic heterocycles. The first-order valence-electron chi connectivity index (χ1n) is 10.4. The SMILES string of the molecule is O=C(Oc1ccc2ccccc2c1C=NN1C(=O)c2ccccc2C1=O)c1cccc([N+](=O)[O-])c1. The molecule has 0 fully saturated rings. The van der Waals surface area contributed by atoms with Gasteiger partial charge in [-0.25, -0.2) is 4.79 Å². The van der Waals surface area contributed by atoms with Gasteiger partial charge in [-0.1, -0.05) is 48.5 Å². The summed E-state index contributed by atoms with van der Waals surface area (Å²) >= 11 is 0. The van der Waals surface area contributed by atoms with Gasteiger partial charge in [-0.05, 0) is 35.0 Å². The zero-order valence-corrected chi connectivity index (χ0v) is 18.0. The molecule has 4 aromatic rings. The van der Waals surface area contributed by atoms with Crippen LogP contribution < -0.4 is 4.74 Å². The number of nitro groups is 1. The van der Waals surface area contributed by atoms with E-state index in [-0.39, 0.29) is 28.1 Å². The van der Waals surface area contributed by atoms with Crippen LogP contribution in [0.3, 0.4) is 0 Å². The van der Waals surface area contributed by atoms with Gasteiger partial charge < -0.3 is 4.74 Å². The van der Waals surface area contributed by atoms with Gasteiger partial charge in [0.25, 0.3) is 17.5 Å². The second-order valence-corrected chi connectivity index (χ2v) is 7.61. The molecule has 5 rings (SSSR count). The van der Waals surface area contributed by atoms with Crippen molar-refractivity contribution in [3.05, 3.63) is 117 Å². The fourth-order valence-corrected chi connectivity index (χ4v) is 3.80. The van der Waals surface area contributed by atoms with Crippen molar-refractivity contribution in [2.45, 2.75) is 0 Å². The summed E-state index contributed by atoms with van der Waals surface area (Å²) in [6.07, 6.45) is 1.29. The minimum Gasteiger partial charge on any atom is -0.422 e. The van der Waals surface area contributed by atoms with E-state index in [1.54, 1.807) is 48.5 Å². The number of rotatable bonds is 5. The van der Waals surface area contributed by atoms with Crippen LogP contribution in [0.5, 0.6) is 5.75 Å². The lowest BCUT2D eigenvalue weighted by molar-refractivity contribution is -0.384. The van der Waals surface area contributed by atoms with Gasteiger partial charge in [0, 0.05) is 17.7 Å². The van der Waals surface area contributed by atoms with Gasteiger partial charge in [0.15, 0.2) is 0 Å². The molecule has 0 N–H and O–H groups in total. The summed E-state index contributed by atoms with van der Waals surface area (Å²) < 4.78 is 5.56. The lowest BCUT2D eigenvalue weighted by Crippen LogP contribution is -2.24. The summed E-state index contributed by atoms with van der Waals surface area (Å²) in [5.41, 5.74) is 0.620. The van der Waals surface area contributed by atoms with E-state index in [4.69, 9.17) is 4.74 Å². The monoisotopic (exact) mass is 465 g/mol.